The van der Waals surface area contributed by atoms with Crippen LogP contribution in [0.25, 0.3) is 10.9 Å². The van der Waals surface area contributed by atoms with Crippen LogP contribution in [0.2, 0.25) is 0 Å². The van der Waals surface area contributed by atoms with Gasteiger partial charge in [0.05, 0.1) is 16.1 Å². The summed E-state index contributed by atoms with van der Waals surface area (Å²) < 4.78 is 4.79. The summed E-state index contributed by atoms with van der Waals surface area (Å²) in [6, 6.07) is 20.3. The summed E-state index contributed by atoms with van der Waals surface area (Å²) >= 11 is 0. The minimum absolute atomic E-state index is 0.213. The first-order chi connectivity index (χ1) is 14.0. The van der Waals surface area contributed by atoms with Crippen LogP contribution in [0.15, 0.2) is 82.2 Å². The Bertz CT molecular complexity index is 1240. The zero-order valence-corrected chi connectivity index (χ0v) is 16.9. The van der Waals surface area contributed by atoms with Gasteiger partial charge in [-0.05, 0) is 61.2 Å². The molecule has 6 heteroatoms. The monoisotopic (exact) mass is 403 g/mol. The number of nitrogens with zero attached hydrogens (tertiary/aromatic N) is 2. The molecule has 29 heavy (non-hydrogen) atoms. The lowest BCUT2D eigenvalue weighted by atomic mass is 10.1. The van der Waals surface area contributed by atoms with E-state index < -0.39 is 10.7 Å². The van der Waals surface area contributed by atoms with E-state index in [-0.39, 0.29) is 11.5 Å². The van der Waals surface area contributed by atoms with Gasteiger partial charge < -0.3 is 15.5 Å². The molecule has 146 valence electrons. The first kappa shape index (κ1) is 19.0. The predicted octanol–water partition coefficient (Wildman–Crippen LogP) is 5.82. The number of aromatic hydroxyl groups is 2. The standard InChI is InChI=1S/C23H21N3O2S/c1-15-7-9-17(27)14-21(15)25-20-11-12-24-19-10-8-16(13-18(19)20)26-29(2)23-6-4-3-5-22(23)28/h3-14,27-28H,1-2H3,(H,24,25). The van der Waals surface area contributed by atoms with Gasteiger partial charge in [-0.2, -0.15) is 0 Å². The molecule has 0 aliphatic carbocycles. The molecule has 1 aromatic heterocycles. The molecule has 0 amide bonds. The van der Waals surface area contributed by atoms with Crippen LogP contribution >= 0.6 is 0 Å². The summed E-state index contributed by atoms with van der Waals surface area (Å²) in [5.41, 5.74) is 4.42. The minimum atomic E-state index is -0.489. The molecule has 0 radical (unpaired) electrons. The number of hydrogen-bond donors (Lipinski definition) is 3. The van der Waals surface area contributed by atoms with Gasteiger partial charge in [0.25, 0.3) is 0 Å². The molecule has 0 aliphatic rings. The fraction of sp³-hybridized carbons (Fsp3) is 0.0870. The Morgan fingerprint density at radius 2 is 1.76 bits per heavy atom. The second-order valence-corrected chi connectivity index (χ2v) is 8.30. The molecule has 3 N–H and O–H groups in total. The number of nitrogens with one attached hydrogen (secondary N) is 1. The van der Waals surface area contributed by atoms with Crippen molar-refractivity contribution in [3.63, 3.8) is 0 Å². The molecule has 5 nitrogen and oxygen atoms in total. The zero-order valence-electron chi connectivity index (χ0n) is 16.1. The molecule has 0 saturated heterocycles. The molecule has 1 atom stereocenters. The third-order valence-electron chi connectivity index (χ3n) is 4.64. The van der Waals surface area contributed by atoms with Crippen molar-refractivity contribution in [2.75, 3.05) is 11.6 Å². The SMILES string of the molecule is Cc1ccc(O)cc1Nc1ccnc2ccc(N=S(C)c3ccccc3O)cc12. The summed E-state index contributed by atoms with van der Waals surface area (Å²) in [5, 5.41) is 24.2. The lowest BCUT2D eigenvalue weighted by Gasteiger charge is -2.13. The lowest BCUT2D eigenvalue weighted by molar-refractivity contribution is 0.462. The van der Waals surface area contributed by atoms with Gasteiger partial charge in [-0.25, -0.2) is 4.36 Å². The van der Waals surface area contributed by atoms with E-state index in [0.717, 1.165) is 38.4 Å². The number of fused-ring (bicyclic) bond motifs is 1. The van der Waals surface area contributed by atoms with Crippen LogP contribution in [0.5, 0.6) is 11.5 Å². The van der Waals surface area contributed by atoms with Gasteiger partial charge in [0, 0.05) is 29.0 Å². The molecule has 3 aromatic carbocycles. The van der Waals surface area contributed by atoms with Crippen LogP contribution < -0.4 is 5.32 Å². The van der Waals surface area contributed by atoms with Crippen LogP contribution in [-0.2, 0) is 10.7 Å². The van der Waals surface area contributed by atoms with Gasteiger partial charge in [0.15, 0.2) is 0 Å². The Morgan fingerprint density at radius 1 is 0.931 bits per heavy atom. The third-order valence-corrected chi connectivity index (χ3v) is 6.11. The summed E-state index contributed by atoms with van der Waals surface area (Å²) in [7, 11) is -0.489. The maximum Gasteiger partial charge on any atom is 0.130 e. The Morgan fingerprint density at radius 3 is 2.59 bits per heavy atom. The molecular weight excluding hydrogens is 382 g/mol. The number of benzene rings is 3. The maximum absolute atomic E-state index is 10.1. The van der Waals surface area contributed by atoms with Crippen molar-refractivity contribution in [2.45, 2.75) is 11.8 Å². The van der Waals surface area contributed by atoms with E-state index in [1.807, 2.05) is 55.6 Å². The average Bonchev–Trinajstić information content (AvgIpc) is 2.71. The van der Waals surface area contributed by atoms with Gasteiger partial charge in [0.2, 0.25) is 0 Å². The molecule has 4 aromatic rings. The van der Waals surface area contributed by atoms with E-state index in [1.54, 1.807) is 30.5 Å². The van der Waals surface area contributed by atoms with Crippen molar-refractivity contribution in [1.82, 2.24) is 4.98 Å². The molecule has 0 fully saturated rings. The zero-order chi connectivity index (χ0) is 20.4. The van der Waals surface area contributed by atoms with Crippen LogP contribution in [0.1, 0.15) is 5.56 Å². The molecule has 4 rings (SSSR count). The molecule has 0 saturated carbocycles. The number of aryl methyl sites for hydroxylation is 1. The molecule has 1 heterocycles. The van der Waals surface area contributed by atoms with E-state index in [1.165, 1.54) is 0 Å². The molecule has 0 spiro atoms. The summed E-state index contributed by atoms with van der Waals surface area (Å²) in [6.45, 7) is 1.99. The highest BCUT2D eigenvalue weighted by Gasteiger charge is 2.07. The minimum Gasteiger partial charge on any atom is -0.508 e. The first-order valence-electron chi connectivity index (χ1n) is 9.12. The predicted molar refractivity (Wildman–Crippen MR) is 120 cm³/mol. The number of aromatic nitrogens is 1. The average molecular weight is 404 g/mol. The van der Waals surface area contributed by atoms with Crippen LogP contribution in [0, 0.1) is 6.92 Å². The van der Waals surface area contributed by atoms with Crippen LogP contribution in [0.3, 0.4) is 0 Å². The highest BCUT2D eigenvalue weighted by molar-refractivity contribution is 7.86. The second-order valence-electron chi connectivity index (χ2n) is 6.72. The Hall–Kier alpha value is -3.38. The smallest absolute Gasteiger partial charge is 0.130 e. The van der Waals surface area contributed by atoms with Crippen LogP contribution in [0.4, 0.5) is 17.1 Å². The van der Waals surface area contributed by atoms with Crippen LogP contribution in [-0.4, -0.2) is 21.5 Å². The fourth-order valence-corrected chi connectivity index (χ4v) is 4.28. The maximum atomic E-state index is 10.1. The van der Waals surface area contributed by atoms with E-state index in [9.17, 15) is 10.2 Å². The molecule has 0 aliphatic heterocycles. The second kappa shape index (κ2) is 7.93. The number of phenols is 2. The van der Waals surface area contributed by atoms with Crippen molar-refractivity contribution in [3.8, 4) is 11.5 Å². The number of pyridine rings is 1. The van der Waals surface area contributed by atoms with E-state index in [0.29, 0.717) is 0 Å². The van der Waals surface area contributed by atoms with E-state index in [2.05, 4.69) is 10.3 Å². The molecule has 0 bridgehead atoms. The van der Waals surface area contributed by atoms with E-state index in [4.69, 9.17) is 4.36 Å². The lowest BCUT2D eigenvalue weighted by Crippen LogP contribution is -1.95. The Kier molecular flexibility index (Phi) is 5.18. The number of phenolic OH excluding ortho intramolecular Hbond substituents is 2. The summed E-state index contributed by atoms with van der Waals surface area (Å²) in [6.07, 6.45) is 3.74. The van der Waals surface area contributed by atoms with Gasteiger partial charge in [-0.15, -0.1) is 0 Å². The topological polar surface area (TPSA) is 77.7 Å². The Balaban J connectivity index is 1.75. The van der Waals surface area contributed by atoms with Gasteiger partial charge in [0.1, 0.15) is 11.5 Å². The number of rotatable bonds is 4. The molecule has 1 unspecified atom stereocenters. The summed E-state index contributed by atoms with van der Waals surface area (Å²) in [5.74, 6) is 0.469. The number of para-hydroxylation sites is 1. The Labute approximate surface area is 171 Å². The largest absolute Gasteiger partial charge is 0.508 e. The van der Waals surface area contributed by atoms with Crippen molar-refractivity contribution in [2.24, 2.45) is 4.36 Å². The first-order valence-corrected chi connectivity index (χ1v) is 10.7. The van der Waals surface area contributed by atoms with Gasteiger partial charge in [-0.3, -0.25) is 4.98 Å². The van der Waals surface area contributed by atoms with Crippen molar-refractivity contribution in [3.05, 3.63) is 78.5 Å². The van der Waals surface area contributed by atoms with Crippen molar-refractivity contribution in [1.29, 1.82) is 0 Å². The normalized spacial score (nSPS) is 12.2. The third kappa shape index (κ3) is 4.07. The number of anilines is 2. The highest BCUT2D eigenvalue weighted by atomic mass is 32.2. The number of hydrogen-bond acceptors (Lipinski definition) is 5. The van der Waals surface area contributed by atoms with Gasteiger partial charge in [-0.1, -0.05) is 28.9 Å². The fourth-order valence-electron chi connectivity index (χ4n) is 3.10. The quantitative estimate of drug-likeness (QED) is 0.401. The van der Waals surface area contributed by atoms with Gasteiger partial charge >= 0.3 is 0 Å². The summed E-state index contributed by atoms with van der Waals surface area (Å²) in [4.78, 5) is 5.26. The van der Waals surface area contributed by atoms with Crippen molar-refractivity contribution >= 4 is 38.7 Å². The van der Waals surface area contributed by atoms with E-state index >= 15 is 0 Å². The molecular formula is C23H21N3O2S. The van der Waals surface area contributed by atoms with Crippen molar-refractivity contribution < 1.29 is 10.2 Å². The highest BCUT2D eigenvalue weighted by Crippen LogP contribution is 2.32.